The van der Waals surface area contributed by atoms with Crippen LogP contribution in [0, 0.1) is 11.8 Å². The Labute approximate surface area is 119 Å². The first kappa shape index (κ1) is 14.5. The van der Waals surface area contributed by atoms with E-state index in [2.05, 4.69) is 17.2 Å². The molecule has 1 saturated heterocycles. The van der Waals surface area contributed by atoms with Gasteiger partial charge in [-0.25, -0.2) is 0 Å². The molecule has 5 nitrogen and oxygen atoms in total. The maximum absolute atomic E-state index is 12.0. The number of rotatable bonds is 5. The number of aromatic nitrogens is 1. The number of pyridine rings is 1. The van der Waals surface area contributed by atoms with E-state index in [1.807, 2.05) is 12.1 Å². The summed E-state index contributed by atoms with van der Waals surface area (Å²) in [5.41, 5.74) is 1.70. The highest BCUT2D eigenvalue weighted by atomic mass is 16.2. The number of carbonyl (C=O) groups excluding carboxylic acids is 2. The highest BCUT2D eigenvalue weighted by Crippen LogP contribution is 2.26. The van der Waals surface area contributed by atoms with Crippen LogP contribution in [0.5, 0.6) is 0 Å². The first-order valence-electron chi connectivity index (χ1n) is 7.08. The molecule has 0 aromatic carbocycles. The Bertz CT molecular complexity index is 496. The molecule has 1 aliphatic rings. The first-order valence-corrected chi connectivity index (χ1v) is 7.08. The number of likely N-dealkylation sites (tertiary alicyclic amines) is 1. The van der Waals surface area contributed by atoms with Gasteiger partial charge in [-0.15, -0.1) is 0 Å². The number of amides is 2. The van der Waals surface area contributed by atoms with Gasteiger partial charge in [0.1, 0.15) is 0 Å². The predicted octanol–water partition coefficient (Wildman–Crippen LogP) is 2.04. The SMILES string of the molecule is CCCNc1ccnc(CN2C(=O)C(C)C(C)C2=O)c1. The normalized spacial score (nSPS) is 22.4. The van der Waals surface area contributed by atoms with Gasteiger partial charge in [0.05, 0.1) is 12.2 Å². The van der Waals surface area contributed by atoms with Crippen LogP contribution in [0.25, 0.3) is 0 Å². The van der Waals surface area contributed by atoms with Gasteiger partial charge in [-0.3, -0.25) is 19.5 Å². The van der Waals surface area contributed by atoms with E-state index in [0.29, 0.717) is 0 Å². The molecule has 1 fully saturated rings. The molecule has 1 aliphatic heterocycles. The summed E-state index contributed by atoms with van der Waals surface area (Å²) < 4.78 is 0. The average Bonchev–Trinajstić information content (AvgIpc) is 2.63. The molecule has 0 saturated carbocycles. The molecule has 0 aliphatic carbocycles. The lowest BCUT2D eigenvalue weighted by Crippen LogP contribution is -2.30. The fraction of sp³-hybridized carbons (Fsp3) is 0.533. The van der Waals surface area contributed by atoms with E-state index in [0.717, 1.165) is 24.3 Å². The third kappa shape index (κ3) is 2.81. The zero-order valence-electron chi connectivity index (χ0n) is 12.2. The van der Waals surface area contributed by atoms with Gasteiger partial charge in [-0.2, -0.15) is 0 Å². The van der Waals surface area contributed by atoms with E-state index in [1.165, 1.54) is 4.90 Å². The van der Waals surface area contributed by atoms with Crippen molar-refractivity contribution in [3.05, 3.63) is 24.0 Å². The third-order valence-electron chi connectivity index (χ3n) is 3.78. The molecule has 5 heteroatoms. The Morgan fingerprint density at radius 3 is 2.50 bits per heavy atom. The second kappa shape index (κ2) is 6.03. The standard InChI is InChI=1S/C15H21N3O2/c1-4-6-16-12-5-7-17-13(8-12)9-18-14(19)10(2)11(3)15(18)20/h5,7-8,10-11H,4,6,9H2,1-3H3,(H,16,17). The summed E-state index contributed by atoms with van der Waals surface area (Å²) in [5, 5.41) is 3.27. The molecule has 2 unspecified atom stereocenters. The van der Waals surface area contributed by atoms with Crippen molar-refractivity contribution in [1.29, 1.82) is 0 Å². The van der Waals surface area contributed by atoms with E-state index in [1.54, 1.807) is 20.0 Å². The Balaban J connectivity index is 2.10. The molecule has 2 amide bonds. The summed E-state index contributed by atoms with van der Waals surface area (Å²) in [4.78, 5) is 29.7. The van der Waals surface area contributed by atoms with Gasteiger partial charge >= 0.3 is 0 Å². The second-order valence-electron chi connectivity index (χ2n) is 5.30. The molecular formula is C15H21N3O2. The quantitative estimate of drug-likeness (QED) is 0.835. The van der Waals surface area contributed by atoms with Crippen molar-refractivity contribution in [2.75, 3.05) is 11.9 Å². The van der Waals surface area contributed by atoms with Crippen LogP contribution in [-0.2, 0) is 16.1 Å². The molecule has 1 N–H and O–H groups in total. The molecule has 2 atom stereocenters. The number of anilines is 1. The van der Waals surface area contributed by atoms with Crippen LogP contribution < -0.4 is 5.32 Å². The molecule has 2 rings (SSSR count). The smallest absolute Gasteiger partial charge is 0.233 e. The maximum atomic E-state index is 12.0. The minimum absolute atomic E-state index is 0.101. The van der Waals surface area contributed by atoms with Gasteiger partial charge in [0.25, 0.3) is 0 Å². The Morgan fingerprint density at radius 2 is 1.90 bits per heavy atom. The zero-order valence-corrected chi connectivity index (χ0v) is 12.2. The highest BCUT2D eigenvalue weighted by molar-refractivity contribution is 6.04. The monoisotopic (exact) mass is 275 g/mol. The van der Waals surface area contributed by atoms with E-state index < -0.39 is 0 Å². The molecule has 2 heterocycles. The van der Waals surface area contributed by atoms with E-state index >= 15 is 0 Å². The third-order valence-corrected chi connectivity index (χ3v) is 3.78. The summed E-state index contributed by atoms with van der Waals surface area (Å²) in [6.45, 7) is 6.85. The lowest BCUT2D eigenvalue weighted by Gasteiger charge is -2.14. The Hall–Kier alpha value is -1.91. The van der Waals surface area contributed by atoms with E-state index in [4.69, 9.17) is 0 Å². The second-order valence-corrected chi connectivity index (χ2v) is 5.30. The van der Waals surface area contributed by atoms with Crippen molar-refractivity contribution in [3.63, 3.8) is 0 Å². The van der Waals surface area contributed by atoms with Gasteiger partial charge < -0.3 is 5.32 Å². The molecule has 1 aromatic heterocycles. The molecule has 0 spiro atoms. The number of imide groups is 1. The maximum Gasteiger partial charge on any atom is 0.233 e. The van der Waals surface area contributed by atoms with Crippen LogP contribution in [0.1, 0.15) is 32.9 Å². The molecule has 0 radical (unpaired) electrons. The largest absolute Gasteiger partial charge is 0.385 e. The number of hydrogen-bond acceptors (Lipinski definition) is 4. The van der Waals surface area contributed by atoms with Crippen LogP contribution in [0.2, 0.25) is 0 Å². The van der Waals surface area contributed by atoms with Crippen LogP contribution in [0.15, 0.2) is 18.3 Å². The van der Waals surface area contributed by atoms with Gasteiger partial charge in [-0.1, -0.05) is 20.8 Å². The van der Waals surface area contributed by atoms with Crippen LogP contribution in [0.3, 0.4) is 0 Å². The van der Waals surface area contributed by atoms with Crippen molar-refractivity contribution in [2.45, 2.75) is 33.7 Å². The number of nitrogens with one attached hydrogen (secondary N) is 1. The Kier molecular flexibility index (Phi) is 4.37. The lowest BCUT2D eigenvalue weighted by atomic mass is 10.00. The van der Waals surface area contributed by atoms with Crippen molar-refractivity contribution >= 4 is 17.5 Å². The van der Waals surface area contributed by atoms with Crippen LogP contribution >= 0.6 is 0 Å². The zero-order chi connectivity index (χ0) is 14.7. The highest BCUT2D eigenvalue weighted by Gasteiger charge is 2.42. The summed E-state index contributed by atoms with van der Waals surface area (Å²) in [5.74, 6) is -0.666. The van der Waals surface area contributed by atoms with Crippen molar-refractivity contribution in [3.8, 4) is 0 Å². The van der Waals surface area contributed by atoms with Gasteiger partial charge in [0.2, 0.25) is 11.8 Å². The topological polar surface area (TPSA) is 62.3 Å². The van der Waals surface area contributed by atoms with E-state index in [9.17, 15) is 9.59 Å². The summed E-state index contributed by atoms with van der Waals surface area (Å²) in [6, 6.07) is 3.78. The molecule has 20 heavy (non-hydrogen) atoms. The molecule has 0 bridgehead atoms. The Morgan fingerprint density at radius 1 is 1.25 bits per heavy atom. The molecule has 1 aromatic rings. The van der Waals surface area contributed by atoms with Crippen LogP contribution in [0.4, 0.5) is 5.69 Å². The molecule has 108 valence electrons. The fourth-order valence-corrected chi connectivity index (χ4v) is 2.29. The average molecular weight is 275 g/mol. The minimum Gasteiger partial charge on any atom is -0.385 e. The summed E-state index contributed by atoms with van der Waals surface area (Å²) >= 11 is 0. The lowest BCUT2D eigenvalue weighted by molar-refractivity contribution is -0.140. The summed E-state index contributed by atoms with van der Waals surface area (Å²) in [7, 11) is 0. The number of hydrogen-bond donors (Lipinski definition) is 1. The van der Waals surface area contributed by atoms with E-state index in [-0.39, 0.29) is 30.2 Å². The predicted molar refractivity (Wildman–Crippen MR) is 76.9 cm³/mol. The van der Waals surface area contributed by atoms with Gasteiger partial charge in [-0.05, 0) is 18.6 Å². The first-order chi connectivity index (χ1) is 9.54. The van der Waals surface area contributed by atoms with Crippen molar-refractivity contribution in [2.24, 2.45) is 11.8 Å². The van der Waals surface area contributed by atoms with Crippen LogP contribution in [-0.4, -0.2) is 28.2 Å². The molecular weight excluding hydrogens is 254 g/mol. The van der Waals surface area contributed by atoms with Gasteiger partial charge in [0.15, 0.2) is 0 Å². The minimum atomic E-state index is -0.233. The van der Waals surface area contributed by atoms with Crippen molar-refractivity contribution in [1.82, 2.24) is 9.88 Å². The van der Waals surface area contributed by atoms with Crippen molar-refractivity contribution < 1.29 is 9.59 Å². The fourth-order valence-electron chi connectivity index (χ4n) is 2.29. The number of nitrogens with zero attached hydrogens (tertiary/aromatic N) is 2. The summed E-state index contributed by atoms with van der Waals surface area (Å²) in [6.07, 6.45) is 2.74. The van der Waals surface area contributed by atoms with Gasteiger partial charge in [0, 0.05) is 30.3 Å². The number of carbonyl (C=O) groups is 2.